The molecule has 8 heteroatoms. The van der Waals surface area contributed by atoms with Crippen LogP contribution in [0.25, 0.3) is 0 Å². The molecule has 0 aliphatic carbocycles. The normalized spacial score (nSPS) is 11.0. The quantitative estimate of drug-likeness (QED) is 0.579. The molecule has 0 atom stereocenters. The maximum absolute atomic E-state index is 12.5. The molecule has 0 heterocycles. The molecular weight excluding hydrogens is 424 g/mol. The molecule has 3 aromatic carbocycles. The summed E-state index contributed by atoms with van der Waals surface area (Å²) in [5.41, 5.74) is 2.27. The molecule has 0 saturated carbocycles. The molecule has 0 aliphatic rings. The van der Waals surface area contributed by atoms with Gasteiger partial charge in [0.25, 0.3) is 5.91 Å². The fourth-order valence-corrected chi connectivity index (χ4v) is 3.34. The number of rotatable bonds is 7. The van der Waals surface area contributed by atoms with Crippen LogP contribution < -0.4 is 14.4 Å². The Bertz CT molecular complexity index is 1150. The monoisotopic (exact) mass is 444 g/mol. The highest BCUT2D eigenvalue weighted by atomic mass is 35.5. The molecule has 0 aliphatic heterocycles. The lowest BCUT2D eigenvalue weighted by Gasteiger charge is -2.17. The maximum atomic E-state index is 12.5. The predicted molar refractivity (Wildman–Crippen MR) is 120 cm³/mol. The van der Waals surface area contributed by atoms with Gasteiger partial charge >= 0.3 is 0 Å². The Morgan fingerprint density at radius 3 is 2.40 bits per heavy atom. The minimum atomic E-state index is -3.39. The standard InChI is InChI=1S/C22H21ClN2O4S/c1-25(30(2,27)28)19-8-5-7-18(14-19)24-22(26)16-10-12-20(13-11-16)29-15-17-6-3-4-9-21(17)23/h3-14H,15H2,1-2H3,(H,24,26). The molecule has 1 N–H and O–H groups in total. The molecule has 0 unspecified atom stereocenters. The van der Waals surface area contributed by atoms with Crippen LogP contribution in [0.3, 0.4) is 0 Å². The Morgan fingerprint density at radius 2 is 1.73 bits per heavy atom. The van der Waals surface area contributed by atoms with E-state index in [1.165, 1.54) is 7.05 Å². The smallest absolute Gasteiger partial charge is 0.255 e. The van der Waals surface area contributed by atoms with Crippen LogP contribution >= 0.6 is 11.6 Å². The molecule has 0 radical (unpaired) electrons. The summed E-state index contributed by atoms with van der Waals surface area (Å²) < 4.78 is 30.3. The minimum absolute atomic E-state index is 0.313. The predicted octanol–water partition coefficient (Wildman–Crippen LogP) is 4.57. The van der Waals surface area contributed by atoms with Crippen molar-refractivity contribution in [1.82, 2.24) is 0 Å². The third-order valence-corrected chi connectivity index (χ3v) is 6.01. The molecule has 3 aromatic rings. The number of halogens is 1. The third-order valence-electron chi connectivity index (χ3n) is 4.43. The maximum Gasteiger partial charge on any atom is 0.255 e. The Hall–Kier alpha value is -3.03. The van der Waals surface area contributed by atoms with Crippen LogP contribution in [0.15, 0.2) is 72.8 Å². The first-order valence-corrected chi connectivity index (χ1v) is 11.3. The lowest BCUT2D eigenvalue weighted by atomic mass is 10.2. The van der Waals surface area contributed by atoms with E-state index in [-0.39, 0.29) is 5.91 Å². The molecule has 0 fully saturated rings. The Morgan fingerprint density at radius 1 is 1.03 bits per heavy atom. The van der Waals surface area contributed by atoms with Crippen molar-refractivity contribution in [2.24, 2.45) is 0 Å². The van der Waals surface area contributed by atoms with Gasteiger partial charge in [-0.1, -0.05) is 35.9 Å². The number of hydrogen-bond acceptors (Lipinski definition) is 4. The van der Waals surface area contributed by atoms with Crippen LogP contribution in [-0.2, 0) is 16.6 Å². The number of nitrogens with one attached hydrogen (secondary N) is 1. The molecule has 1 amide bonds. The number of hydrogen-bond donors (Lipinski definition) is 1. The van der Waals surface area contributed by atoms with Crippen molar-refractivity contribution in [2.45, 2.75) is 6.61 Å². The van der Waals surface area contributed by atoms with Crippen molar-refractivity contribution in [3.63, 3.8) is 0 Å². The second kappa shape index (κ2) is 9.19. The summed E-state index contributed by atoms with van der Waals surface area (Å²) in [6.45, 7) is 0.325. The first-order valence-electron chi connectivity index (χ1n) is 9.05. The number of anilines is 2. The molecule has 3 rings (SSSR count). The number of carbonyl (C=O) groups excluding carboxylic acids is 1. The van der Waals surface area contributed by atoms with E-state index in [4.69, 9.17) is 16.3 Å². The van der Waals surface area contributed by atoms with Gasteiger partial charge in [0, 0.05) is 28.9 Å². The van der Waals surface area contributed by atoms with E-state index in [1.54, 1.807) is 54.6 Å². The summed E-state index contributed by atoms with van der Waals surface area (Å²) in [6.07, 6.45) is 1.12. The van der Waals surface area contributed by atoms with E-state index < -0.39 is 10.0 Å². The van der Waals surface area contributed by atoms with Crippen LogP contribution in [0.4, 0.5) is 11.4 Å². The lowest BCUT2D eigenvalue weighted by molar-refractivity contribution is 0.102. The zero-order valence-electron chi connectivity index (χ0n) is 16.5. The first kappa shape index (κ1) is 21.7. The number of benzene rings is 3. The molecule has 6 nitrogen and oxygen atoms in total. The Balaban J connectivity index is 1.64. The molecule has 0 spiro atoms. The van der Waals surface area contributed by atoms with E-state index in [9.17, 15) is 13.2 Å². The second-order valence-corrected chi connectivity index (χ2v) is 9.06. The zero-order chi connectivity index (χ0) is 21.7. The number of amides is 1. The van der Waals surface area contributed by atoms with Gasteiger partial charge in [-0.2, -0.15) is 0 Å². The molecule has 0 saturated heterocycles. The number of ether oxygens (including phenoxy) is 1. The van der Waals surface area contributed by atoms with Crippen LogP contribution in [0.5, 0.6) is 5.75 Å². The fourth-order valence-electron chi connectivity index (χ4n) is 2.65. The van der Waals surface area contributed by atoms with Crippen molar-refractivity contribution in [3.05, 3.63) is 88.9 Å². The van der Waals surface area contributed by atoms with Crippen LogP contribution in [0.2, 0.25) is 5.02 Å². The largest absolute Gasteiger partial charge is 0.489 e. The van der Waals surface area contributed by atoms with Gasteiger partial charge in [-0.3, -0.25) is 9.10 Å². The Kier molecular flexibility index (Phi) is 6.64. The lowest BCUT2D eigenvalue weighted by Crippen LogP contribution is -2.24. The number of carbonyl (C=O) groups is 1. The van der Waals surface area contributed by atoms with Gasteiger partial charge < -0.3 is 10.1 Å². The van der Waals surface area contributed by atoms with E-state index in [0.29, 0.717) is 34.3 Å². The van der Waals surface area contributed by atoms with Gasteiger partial charge in [0.15, 0.2) is 0 Å². The van der Waals surface area contributed by atoms with Gasteiger partial charge in [0.05, 0.1) is 11.9 Å². The fraction of sp³-hybridized carbons (Fsp3) is 0.136. The molecular formula is C22H21ClN2O4S. The minimum Gasteiger partial charge on any atom is -0.489 e. The van der Waals surface area contributed by atoms with Crippen molar-refractivity contribution < 1.29 is 17.9 Å². The highest BCUT2D eigenvalue weighted by molar-refractivity contribution is 7.92. The van der Waals surface area contributed by atoms with Gasteiger partial charge in [-0.15, -0.1) is 0 Å². The van der Waals surface area contributed by atoms with E-state index in [0.717, 1.165) is 16.1 Å². The van der Waals surface area contributed by atoms with Crippen LogP contribution in [0.1, 0.15) is 15.9 Å². The molecule has 0 bridgehead atoms. The number of sulfonamides is 1. The van der Waals surface area contributed by atoms with Crippen molar-refractivity contribution in [1.29, 1.82) is 0 Å². The summed E-state index contributed by atoms with van der Waals surface area (Å²) >= 11 is 6.12. The first-order chi connectivity index (χ1) is 14.2. The van der Waals surface area contributed by atoms with Crippen LogP contribution in [0, 0.1) is 0 Å². The van der Waals surface area contributed by atoms with Gasteiger partial charge in [-0.25, -0.2) is 8.42 Å². The topological polar surface area (TPSA) is 75.7 Å². The van der Waals surface area contributed by atoms with E-state index in [2.05, 4.69) is 5.32 Å². The third kappa shape index (κ3) is 5.52. The van der Waals surface area contributed by atoms with Gasteiger partial charge in [0.2, 0.25) is 10.0 Å². The average molecular weight is 445 g/mol. The number of nitrogens with zero attached hydrogens (tertiary/aromatic N) is 1. The summed E-state index contributed by atoms with van der Waals surface area (Å²) in [7, 11) is -1.93. The Labute approximate surface area is 181 Å². The highest BCUT2D eigenvalue weighted by Crippen LogP contribution is 2.22. The van der Waals surface area contributed by atoms with Crippen molar-refractivity contribution in [2.75, 3.05) is 22.9 Å². The van der Waals surface area contributed by atoms with E-state index >= 15 is 0 Å². The van der Waals surface area contributed by atoms with Gasteiger partial charge in [0.1, 0.15) is 12.4 Å². The van der Waals surface area contributed by atoms with Crippen molar-refractivity contribution in [3.8, 4) is 5.75 Å². The SMILES string of the molecule is CN(c1cccc(NC(=O)c2ccc(OCc3ccccc3Cl)cc2)c1)S(C)(=O)=O. The zero-order valence-corrected chi connectivity index (χ0v) is 18.1. The van der Waals surface area contributed by atoms with Crippen LogP contribution in [-0.4, -0.2) is 27.6 Å². The summed E-state index contributed by atoms with van der Waals surface area (Å²) in [5.74, 6) is 0.301. The molecule has 156 valence electrons. The summed E-state index contributed by atoms with van der Waals surface area (Å²) in [5, 5.41) is 3.41. The second-order valence-electron chi connectivity index (χ2n) is 6.64. The molecule has 0 aromatic heterocycles. The van der Waals surface area contributed by atoms with Gasteiger partial charge in [-0.05, 0) is 48.5 Å². The summed E-state index contributed by atoms with van der Waals surface area (Å²) in [4.78, 5) is 12.5. The highest BCUT2D eigenvalue weighted by Gasteiger charge is 2.13. The summed E-state index contributed by atoms with van der Waals surface area (Å²) in [6, 6.07) is 20.8. The van der Waals surface area contributed by atoms with Crippen molar-refractivity contribution >= 4 is 38.9 Å². The molecule has 30 heavy (non-hydrogen) atoms. The average Bonchev–Trinajstić information content (AvgIpc) is 2.72. The van der Waals surface area contributed by atoms with E-state index in [1.807, 2.05) is 18.2 Å².